The van der Waals surface area contributed by atoms with Crippen LogP contribution in [0.4, 0.5) is 5.69 Å². The number of rotatable bonds is 4. The second-order valence-electron chi connectivity index (χ2n) is 5.25. The quantitative estimate of drug-likeness (QED) is 0.687. The van der Waals surface area contributed by atoms with Crippen molar-refractivity contribution in [2.75, 3.05) is 11.1 Å². The first kappa shape index (κ1) is 15.9. The van der Waals surface area contributed by atoms with Gasteiger partial charge in [-0.3, -0.25) is 4.79 Å². The molecule has 0 aliphatic rings. The van der Waals surface area contributed by atoms with E-state index in [1.165, 1.54) is 17.3 Å². The number of nitrogens with one attached hydrogen (secondary N) is 1. The van der Waals surface area contributed by atoms with Crippen LogP contribution in [0.25, 0.3) is 11.1 Å². The number of carbonyl (C=O) groups excluding carboxylic acids is 1. The molecule has 1 N–H and O–H groups in total. The first-order valence-corrected chi connectivity index (χ1v) is 8.43. The molecule has 4 nitrogen and oxygen atoms in total. The van der Waals surface area contributed by atoms with Gasteiger partial charge in [-0.05, 0) is 37.6 Å². The van der Waals surface area contributed by atoms with Gasteiger partial charge in [-0.2, -0.15) is 0 Å². The smallest absolute Gasteiger partial charge is 0.257 e. The molecule has 0 bridgehead atoms. The molecule has 0 saturated carbocycles. The minimum absolute atomic E-state index is 0.0951. The second kappa shape index (κ2) is 6.64. The molecule has 2 aromatic carbocycles. The molecule has 3 rings (SSSR count). The van der Waals surface area contributed by atoms with Crippen LogP contribution in [-0.2, 0) is 4.79 Å². The van der Waals surface area contributed by atoms with E-state index in [-0.39, 0.29) is 11.7 Å². The Labute approximate surface area is 143 Å². The molecular weight excluding hydrogens is 332 g/mol. The summed E-state index contributed by atoms with van der Waals surface area (Å²) in [5.74, 6) is 0.135. The maximum Gasteiger partial charge on any atom is 0.257 e. The summed E-state index contributed by atoms with van der Waals surface area (Å²) in [6, 6.07) is 11.2. The zero-order chi connectivity index (χ0) is 16.4. The van der Waals surface area contributed by atoms with Gasteiger partial charge in [0.2, 0.25) is 5.91 Å². The topological polar surface area (TPSA) is 55.1 Å². The number of hydrogen-bond acceptors (Lipinski definition) is 4. The largest absolute Gasteiger partial charge is 0.431 e. The third-order valence-corrected chi connectivity index (χ3v) is 4.38. The van der Waals surface area contributed by atoms with Crippen molar-refractivity contribution in [1.82, 2.24) is 4.98 Å². The van der Waals surface area contributed by atoms with Crippen LogP contribution in [0.1, 0.15) is 11.1 Å². The first-order chi connectivity index (χ1) is 11.0. The van der Waals surface area contributed by atoms with E-state index in [1.54, 1.807) is 18.2 Å². The Morgan fingerprint density at radius 2 is 2.09 bits per heavy atom. The van der Waals surface area contributed by atoms with Crippen molar-refractivity contribution in [3.05, 3.63) is 52.5 Å². The third-order valence-electron chi connectivity index (χ3n) is 3.31. The average molecular weight is 347 g/mol. The van der Waals surface area contributed by atoms with E-state index < -0.39 is 0 Å². The molecule has 0 aliphatic heterocycles. The lowest BCUT2D eigenvalue weighted by Gasteiger charge is -2.08. The molecule has 0 aliphatic carbocycles. The number of nitrogens with zero attached hydrogens (tertiary/aromatic N) is 1. The highest BCUT2D eigenvalue weighted by molar-refractivity contribution is 7.99. The normalized spacial score (nSPS) is 10.9. The van der Waals surface area contributed by atoms with E-state index >= 15 is 0 Å². The maximum atomic E-state index is 12.1. The number of carbonyl (C=O) groups is 1. The van der Waals surface area contributed by atoms with E-state index in [1.807, 2.05) is 32.0 Å². The second-order valence-corrected chi connectivity index (χ2v) is 6.61. The molecule has 6 heteroatoms. The summed E-state index contributed by atoms with van der Waals surface area (Å²) in [7, 11) is 0. The van der Waals surface area contributed by atoms with E-state index in [2.05, 4.69) is 10.3 Å². The highest BCUT2D eigenvalue weighted by atomic mass is 35.5. The van der Waals surface area contributed by atoms with E-state index in [0.29, 0.717) is 15.8 Å². The van der Waals surface area contributed by atoms with Crippen molar-refractivity contribution >= 4 is 46.1 Å². The summed E-state index contributed by atoms with van der Waals surface area (Å²) < 4.78 is 5.58. The molecule has 0 saturated heterocycles. The lowest BCUT2D eigenvalue weighted by molar-refractivity contribution is -0.113. The van der Waals surface area contributed by atoms with Gasteiger partial charge in [-0.25, -0.2) is 4.98 Å². The summed E-state index contributed by atoms with van der Waals surface area (Å²) in [6.45, 7) is 3.99. The Morgan fingerprint density at radius 3 is 2.87 bits per heavy atom. The third kappa shape index (κ3) is 3.86. The molecular formula is C17H15ClN2O2S. The van der Waals surface area contributed by atoms with Gasteiger partial charge >= 0.3 is 0 Å². The van der Waals surface area contributed by atoms with Gasteiger partial charge in [-0.1, -0.05) is 41.1 Å². The van der Waals surface area contributed by atoms with Gasteiger partial charge < -0.3 is 9.73 Å². The Morgan fingerprint density at radius 1 is 1.26 bits per heavy atom. The van der Waals surface area contributed by atoms with Crippen molar-refractivity contribution in [1.29, 1.82) is 0 Å². The van der Waals surface area contributed by atoms with Gasteiger partial charge in [0.25, 0.3) is 5.22 Å². The van der Waals surface area contributed by atoms with Gasteiger partial charge in [0.1, 0.15) is 5.52 Å². The van der Waals surface area contributed by atoms with Gasteiger partial charge in [0.15, 0.2) is 5.58 Å². The minimum atomic E-state index is -0.0951. The standard InChI is InChI=1S/C17H15ClN2O2S/c1-10-3-5-13(11(2)7-10)19-16(21)9-23-17-20-14-6-4-12(18)8-15(14)22-17/h3-8H,9H2,1-2H3,(H,19,21). The zero-order valence-corrected chi connectivity index (χ0v) is 14.3. The lowest BCUT2D eigenvalue weighted by atomic mass is 10.1. The summed E-state index contributed by atoms with van der Waals surface area (Å²) in [5, 5.41) is 3.95. The Hall–Kier alpha value is -1.98. The number of hydrogen-bond donors (Lipinski definition) is 1. The number of fused-ring (bicyclic) bond motifs is 1. The maximum absolute atomic E-state index is 12.1. The number of aryl methyl sites for hydroxylation is 2. The molecule has 3 aromatic rings. The van der Waals surface area contributed by atoms with Crippen LogP contribution in [-0.4, -0.2) is 16.6 Å². The number of amides is 1. The first-order valence-electron chi connectivity index (χ1n) is 7.07. The SMILES string of the molecule is Cc1ccc(NC(=O)CSc2nc3ccc(Cl)cc3o2)c(C)c1. The van der Waals surface area contributed by atoms with Crippen LogP contribution >= 0.6 is 23.4 Å². The van der Waals surface area contributed by atoms with Crippen molar-refractivity contribution in [2.24, 2.45) is 0 Å². The minimum Gasteiger partial charge on any atom is -0.431 e. The Balaban J connectivity index is 1.63. The van der Waals surface area contributed by atoms with Crippen molar-refractivity contribution < 1.29 is 9.21 Å². The summed E-state index contributed by atoms with van der Waals surface area (Å²) in [4.78, 5) is 16.4. The molecule has 1 heterocycles. The zero-order valence-electron chi connectivity index (χ0n) is 12.7. The predicted molar refractivity (Wildman–Crippen MR) is 94.3 cm³/mol. The highest BCUT2D eigenvalue weighted by Crippen LogP contribution is 2.26. The van der Waals surface area contributed by atoms with Crippen molar-refractivity contribution in [3.63, 3.8) is 0 Å². The number of halogens is 1. The van der Waals surface area contributed by atoms with Crippen LogP contribution < -0.4 is 5.32 Å². The Kier molecular flexibility index (Phi) is 4.59. The molecule has 23 heavy (non-hydrogen) atoms. The van der Waals surface area contributed by atoms with E-state index in [9.17, 15) is 4.79 Å². The summed E-state index contributed by atoms with van der Waals surface area (Å²) >= 11 is 7.17. The molecule has 1 aromatic heterocycles. The lowest BCUT2D eigenvalue weighted by Crippen LogP contribution is -2.14. The van der Waals surface area contributed by atoms with E-state index in [0.717, 1.165) is 16.8 Å². The fraction of sp³-hybridized carbons (Fsp3) is 0.176. The van der Waals surface area contributed by atoms with Crippen molar-refractivity contribution in [2.45, 2.75) is 19.1 Å². The van der Waals surface area contributed by atoms with Crippen molar-refractivity contribution in [3.8, 4) is 0 Å². The van der Waals surface area contributed by atoms with Gasteiger partial charge in [0, 0.05) is 16.8 Å². The molecule has 1 amide bonds. The number of thioether (sulfide) groups is 1. The molecule has 0 unspecified atom stereocenters. The number of anilines is 1. The van der Waals surface area contributed by atoms with Gasteiger partial charge in [-0.15, -0.1) is 0 Å². The fourth-order valence-electron chi connectivity index (χ4n) is 2.21. The number of oxazole rings is 1. The Bertz CT molecular complexity index is 876. The average Bonchev–Trinajstić information content (AvgIpc) is 2.90. The van der Waals surface area contributed by atoms with Crippen LogP contribution in [0, 0.1) is 13.8 Å². The predicted octanol–water partition coefficient (Wildman–Crippen LogP) is 4.83. The van der Waals surface area contributed by atoms with Crippen LogP contribution in [0.2, 0.25) is 5.02 Å². The molecule has 0 radical (unpaired) electrons. The van der Waals surface area contributed by atoms with Crippen LogP contribution in [0.3, 0.4) is 0 Å². The van der Waals surface area contributed by atoms with Crippen LogP contribution in [0.15, 0.2) is 46.0 Å². The highest BCUT2D eigenvalue weighted by Gasteiger charge is 2.10. The molecule has 0 spiro atoms. The summed E-state index contributed by atoms with van der Waals surface area (Å²) in [5.41, 5.74) is 4.38. The summed E-state index contributed by atoms with van der Waals surface area (Å²) in [6.07, 6.45) is 0. The number of aromatic nitrogens is 1. The van der Waals surface area contributed by atoms with Crippen LogP contribution in [0.5, 0.6) is 0 Å². The molecule has 118 valence electrons. The fourth-order valence-corrected chi connectivity index (χ4v) is 3.01. The van der Waals surface area contributed by atoms with E-state index in [4.69, 9.17) is 16.0 Å². The molecule has 0 fully saturated rings. The van der Waals surface area contributed by atoms with Gasteiger partial charge in [0.05, 0.1) is 5.75 Å². The monoisotopic (exact) mass is 346 g/mol. The number of benzene rings is 2. The molecule has 0 atom stereocenters.